The minimum absolute atomic E-state index is 0.171. The fraction of sp³-hybridized carbons (Fsp3) is 0.312. The predicted molar refractivity (Wildman–Crippen MR) is 153 cm³/mol. The van der Waals surface area contributed by atoms with Crippen LogP contribution in [0.1, 0.15) is 53.1 Å². The topological polar surface area (TPSA) is 129 Å². The van der Waals surface area contributed by atoms with Crippen LogP contribution in [0.25, 0.3) is 0 Å². The third kappa shape index (κ3) is 9.06. The summed E-state index contributed by atoms with van der Waals surface area (Å²) in [5.74, 6) is 0. The zero-order chi connectivity index (χ0) is 29.5. The second kappa shape index (κ2) is 15.6. The Labute approximate surface area is 239 Å². The Morgan fingerprint density at radius 3 is 1.32 bits per heavy atom. The highest BCUT2D eigenvalue weighted by molar-refractivity contribution is 5.66. The van der Waals surface area contributed by atoms with Gasteiger partial charge in [0.2, 0.25) is 18.2 Å². The standard InChI is InChI=1S/C32H32N4O5/c1-2-15-32(16-25-3-7-27(8-4-25)18-33-22-37,17-26-5-9-28(10-6-26)19-34-23-38)36(31(40)41)21-30-13-11-29(12-14-30)20-35-24-39/h3-14H,2,15-21H2,1H3,(H,40,41). The van der Waals surface area contributed by atoms with Crippen molar-refractivity contribution in [1.82, 2.24) is 4.90 Å². The van der Waals surface area contributed by atoms with Crippen molar-refractivity contribution in [3.05, 3.63) is 106 Å². The van der Waals surface area contributed by atoms with Crippen LogP contribution in [0.2, 0.25) is 0 Å². The van der Waals surface area contributed by atoms with E-state index >= 15 is 0 Å². The van der Waals surface area contributed by atoms with Gasteiger partial charge in [0, 0.05) is 6.54 Å². The molecule has 9 nitrogen and oxygen atoms in total. The van der Waals surface area contributed by atoms with Crippen molar-refractivity contribution >= 4 is 24.3 Å². The minimum Gasteiger partial charge on any atom is -0.465 e. The molecule has 3 aromatic rings. The highest BCUT2D eigenvalue weighted by atomic mass is 16.4. The molecule has 0 aromatic heterocycles. The highest BCUT2D eigenvalue weighted by Crippen LogP contribution is 2.33. The van der Waals surface area contributed by atoms with Crippen LogP contribution in [0, 0.1) is 0 Å². The summed E-state index contributed by atoms with van der Waals surface area (Å²) in [5.41, 5.74) is 4.51. The molecule has 3 rings (SSSR count). The fourth-order valence-electron chi connectivity index (χ4n) is 5.06. The molecule has 0 spiro atoms. The van der Waals surface area contributed by atoms with Crippen molar-refractivity contribution < 1.29 is 24.3 Å². The first-order valence-electron chi connectivity index (χ1n) is 13.3. The molecule has 0 radical (unpaired) electrons. The number of hydrogen-bond acceptors (Lipinski definition) is 7. The second-order valence-electron chi connectivity index (χ2n) is 9.87. The Kier molecular flexibility index (Phi) is 11.7. The van der Waals surface area contributed by atoms with Crippen LogP contribution in [0.15, 0.2) is 87.8 Å². The number of nitrogens with zero attached hydrogens (tertiary/aromatic N) is 4. The lowest BCUT2D eigenvalue weighted by Crippen LogP contribution is -2.54. The van der Waals surface area contributed by atoms with Crippen molar-refractivity contribution in [2.75, 3.05) is 0 Å². The van der Waals surface area contributed by atoms with Gasteiger partial charge in [0.05, 0.1) is 25.2 Å². The monoisotopic (exact) mass is 552 g/mol. The Bertz CT molecular complexity index is 1370. The number of hydrogen-bond donors (Lipinski definition) is 1. The van der Waals surface area contributed by atoms with Crippen molar-refractivity contribution in [3.8, 4) is 0 Å². The van der Waals surface area contributed by atoms with Gasteiger partial charge in [-0.25, -0.2) is 34.2 Å². The summed E-state index contributed by atoms with van der Waals surface area (Å²) in [7, 11) is 0. The lowest BCUT2D eigenvalue weighted by molar-refractivity contribution is 0.0616. The van der Waals surface area contributed by atoms with E-state index in [1.165, 1.54) is 11.0 Å². The molecule has 1 amide bonds. The highest BCUT2D eigenvalue weighted by Gasteiger charge is 2.39. The molecule has 210 valence electrons. The van der Waals surface area contributed by atoms with Crippen LogP contribution < -0.4 is 0 Å². The molecule has 41 heavy (non-hydrogen) atoms. The number of carbonyl (C=O) groups is 1. The molecule has 0 saturated heterocycles. The summed E-state index contributed by atoms with van der Waals surface area (Å²) < 4.78 is 0. The first-order valence-corrected chi connectivity index (χ1v) is 13.3. The average Bonchev–Trinajstić information content (AvgIpc) is 2.98. The van der Waals surface area contributed by atoms with E-state index in [9.17, 15) is 24.3 Å². The molecule has 1 N–H and O–H groups in total. The fourth-order valence-corrected chi connectivity index (χ4v) is 5.06. The van der Waals surface area contributed by atoms with Crippen molar-refractivity contribution in [1.29, 1.82) is 0 Å². The van der Waals surface area contributed by atoms with Crippen molar-refractivity contribution in [2.45, 2.75) is 64.3 Å². The number of carbonyl (C=O) groups excluding carboxylic acids is 3. The molecule has 9 heteroatoms. The summed E-state index contributed by atoms with van der Waals surface area (Å²) in [6.45, 7) is 2.90. The van der Waals surface area contributed by atoms with Crippen LogP contribution in [0.5, 0.6) is 0 Å². The van der Waals surface area contributed by atoms with E-state index < -0.39 is 11.6 Å². The van der Waals surface area contributed by atoms with Gasteiger partial charge in [0.25, 0.3) is 0 Å². The number of benzene rings is 3. The maximum Gasteiger partial charge on any atom is 0.408 e. The SMILES string of the molecule is CCCC(Cc1ccc(CN=C=O)cc1)(Cc1ccc(CN=C=O)cc1)N(Cc1ccc(CN=C=O)cc1)C(=O)O. The van der Waals surface area contributed by atoms with Crippen LogP contribution in [0.3, 0.4) is 0 Å². The van der Waals surface area contributed by atoms with E-state index in [0.717, 1.165) is 39.8 Å². The van der Waals surface area contributed by atoms with Gasteiger partial charge in [0.15, 0.2) is 0 Å². The first kappa shape index (κ1) is 30.6. The lowest BCUT2D eigenvalue weighted by Gasteiger charge is -2.43. The second-order valence-corrected chi connectivity index (χ2v) is 9.87. The van der Waals surface area contributed by atoms with Crippen LogP contribution in [-0.4, -0.2) is 39.9 Å². The van der Waals surface area contributed by atoms with E-state index in [0.29, 0.717) is 19.3 Å². The third-order valence-corrected chi connectivity index (χ3v) is 6.97. The van der Waals surface area contributed by atoms with Gasteiger partial charge < -0.3 is 5.11 Å². The molecule has 0 fully saturated rings. The van der Waals surface area contributed by atoms with Gasteiger partial charge >= 0.3 is 6.09 Å². The van der Waals surface area contributed by atoms with Gasteiger partial charge in [0.1, 0.15) is 0 Å². The van der Waals surface area contributed by atoms with Crippen LogP contribution in [0.4, 0.5) is 4.79 Å². The predicted octanol–water partition coefficient (Wildman–Crippen LogP) is 5.70. The molecular weight excluding hydrogens is 520 g/mol. The molecule has 0 heterocycles. The van der Waals surface area contributed by atoms with E-state index in [4.69, 9.17) is 0 Å². The number of rotatable bonds is 15. The van der Waals surface area contributed by atoms with E-state index in [1.807, 2.05) is 79.7 Å². The molecule has 0 aliphatic heterocycles. The Hall–Kier alpha value is -4.93. The van der Waals surface area contributed by atoms with Gasteiger partial charge in [-0.3, -0.25) is 4.90 Å². The maximum atomic E-state index is 12.9. The van der Waals surface area contributed by atoms with E-state index in [1.54, 1.807) is 12.2 Å². The summed E-state index contributed by atoms with van der Waals surface area (Å²) in [4.78, 5) is 56.8. The van der Waals surface area contributed by atoms with Crippen LogP contribution in [-0.2, 0) is 53.4 Å². The van der Waals surface area contributed by atoms with E-state index in [-0.39, 0.29) is 26.2 Å². The average molecular weight is 553 g/mol. The zero-order valence-electron chi connectivity index (χ0n) is 23.0. The molecule has 0 unspecified atom stereocenters. The first-order chi connectivity index (χ1) is 19.9. The van der Waals surface area contributed by atoms with Gasteiger partial charge in [-0.05, 0) is 52.6 Å². The smallest absolute Gasteiger partial charge is 0.408 e. The summed E-state index contributed by atoms with van der Waals surface area (Å²) in [5, 5.41) is 10.6. The lowest BCUT2D eigenvalue weighted by atomic mass is 9.79. The van der Waals surface area contributed by atoms with Gasteiger partial charge in [-0.1, -0.05) is 86.1 Å². The normalized spacial score (nSPS) is 11.7. The Balaban J connectivity index is 2.02. The van der Waals surface area contributed by atoms with Gasteiger partial charge in [-0.15, -0.1) is 0 Å². The molecule has 0 aliphatic carbocycles. The quantitative estimate of drug-likeness (QED) is 0.191. The minimum atomic E-state index is -1.03. The zero-order valence-corrected chi connectivity index (χ0v) is 23.0. The van der Waals surface area contributed by atoms with Crippen molar-refractivity contribution in [3.63, 3.8) is 0 Å². The van der Waals surface area contributed by atoms with Crippen LogP contribution >= 0.6 is 0 Å². The van der Waals surface area contributed by atoms with E-state index in [2.05, 4.69) is 15.0 Å². The number of amides is 1. The molecule has 0 aliphatic rings. The number of aliphatic imine (C=N–C) groups is 3. The van der Waals surface area contributed by atoms with Gasteiger partial charge in [-0.2, -0.15) is 0 Å². The molecule has 0 saturated carbocycles. The van der Waals surface area contributed by atoms with Crippen molar-refractivity contribution in [2.24, 2.45) is 15.0 Å². The molecule has 0 atom stereocenters. The number of isocyanates is 3. The summed E-state index contributed by atoms with van der Waals surface area (Å²) in [6.07, 6.45) is 5.90. The molecule has 0 bridgehead atoms. The maximum absolute atomic E-state index is 12.9. The Morgan fingerprint density at radius 2 is 1.00 bits per heavy atom. The third-order valence-electron chi connectivity index (χ3n) is 6.97. The largest absolute Gasteiger partial charge is 0.465 e. The summed E-state index contributed by atoms with van der Waals surface area (Å²) in [6, 6.07) is 22.7. The Morgan fingerprint density at radius 1 is 0.659 bits per heavy atom. The molecular formula is C32H32N4O5. The number of carboxylic acid groups (broad SMARTS) is 1. The summed E-state index contributed by atoms with van der Waals surface area (Å²) >= 11 is 0. The molecule has 3 aromatic carbocycles.